The van der Waals surface area contributed by atoms with Gasteiger partial charge in [0.1, 0.15) is 5.60 Å². The fraction of sp³-hybridized carbons (Fsp3) is 0.688. The smallest absolute Gasteiger partial charge is 0.308 e. The second-order valence-electron chi connectivity index (χ2n) is 12.3. The van der Waals surface area contributed by atoms with Crippen molar-refractivity contribution in [1.29, 1.82) is 0 Å². The highest BCUT2D eigenvalue weighted by molar-refractivity contribution is 5.82. The quantitative estimate of drug-likeness (QED) is 0.294. The zero-order chi connectivity index (χ0) is 28.6. The minimum Gasteiger partial charge on any atom is -0.458 e. The van der Waals surface area contributed by atoms with Crippen LogP contribution in [0.4, 0.5) is 0 Å². The van der Waals surface area contributed by atoms with Gasteiger partial charge in [-0.15, -0.1) is 0 Å². The van der Waals surface area contributed by atoms with Crippen molar-refractivity contribution in [2.45, 2.75) is 58.5 Å². The number of esters is 1. The molecule has 1 amide bonds. The number of nitrogens with zero attached hydrogens (tertiary/aromatic N) is 2. The van der Waals surface area contributed by atoms with E-state index in [0.29, 0.717) is 25.7 Å². The largest absolute Gasteiger partial charge is 0.458 e. The summed E-state index contributed by atoms with van der Waals surface area (Å²) in [6, 6.07) is 10.6. The summed E-state index contributed by atoms with van der Waals surface area (Å²) in [5.74, 6) is 0.433. The normalized spacial score (nSPS) is 22.7. The zero-order valence-corrected chi connectivity index (χ0v) is 25.2. The lowest BCUT2D eigenvalue weighted by Gasteiger charge is -2.50. The van der Waals surface area contributed by atoms with E-state index in [2.05, 4.69) is 48.4 Å². The maximum atomic E-state index is 13.1. The molecule has 0 aliphatic heterocycles. The van der Waals surface area contributed by atoms with Crippen molar-refractivity contribution < 1.29 is 23.8 Å². The van der Waals surface area contributed by atoms with E-state index in [4.69, 9.17) is 14.2 Å². The van der Waals surface area contributed by atoms with Crippen LogP contribution in [0.25, 0.3) is 5.57 Å². The topological polar surface area (TPSA) is 68.3 Å². The van der Waals surface area contributed by atoms with Crippen molar-refractivity contribution in [3.05, 3.63) is 42.0 Å². The number of fused-ring (bicyclic) bond motifs is 2. The molecule has 0 spiro atoms. The fourth-order valence-corrected chi connectivity index (χ4v) is 6.34. The van der Waals surface area contributed by atoms with Gasteiger partial charge in [0.15, 0.2) is 0 Å². The van der Waals surface area contributed by atoms with Gasteiger partial charge in [-0.2, -0.15) is 0 Å². The van der Waals surface area contributed by atoms with Crippen LogP contribution in [0.1, 0.15) is 58.4 Å². The molecule has 2 bridgehead atoms. The Kier molecular flexibility index (Phi) is 11.2. The van der Waals surface area contributed by atoms with E-state index in [1.165, 1.54) is 11.1 Å². The number of hydrogen-bond acceptors (Lipinski definition) is 6. The van der Waals surface area contributed by atoms with Gasteiger partial charge in [0.2, 0.25) is 5.91 Å². The van der Waals surface area contributed by atoms with Crippen LogP contribution in [-0.4, -0.2) is 88.4 Å². The van der Waals surface area contributed by atoms with Crippen LogP contribution < -0.4 is 0 Å². The Bertz CT molecular complexity index is 972. The number of allylic oxidation sites excluding steroid dienone is 1. The van der Waals surface area contributed by atoms with Crippen LogP contribution in [0.15, 0.2) is 36.4 Å². The van der Waals surface area contributed by atoms with E-state index < -0.39 is 11.0 Å². The number of carbonyl (C=O) groups is 2. The molecular weight excluding hydrogens is 492 g/mol. The Morgan fingerprint density at radius 2 is 1.69 bits per heavy atom. The first-order valence-electron chi connectivity index (χ1n) is 14.5. The van der Waals surface area contributed by atoms with Gasteiger partial charge in [-0.3, -0.25) is 9.59 Å². The maximum Gasteiger partial charge on any atom is 0.308 e. The Labute approximate surface area is 235 Å². The molecule has 0 heterocycles. The van der Waals surface area contributed by atoms with Crippen molar-refractivity contribution in [1.82, 2.24) is 9.80 Å². The highest BCUT2D eigenvalue weighted by Crippen LogP contribution is 2.53. The second kappa shape index (κ2) is 13.9. The van der Waals surface area contributed by atoms with Crippen LogP contribution in [-0.2, 0) is 23.8 Å². The van der Waals surface area contributed by atoms with Gasteiger partial charge in [0, 0.05) is 46.7 Å². The van der Waals surface area contributed by atoms with Crippen molar-refractivity contribution in [3.8, 4) is 0 Å². The highest BCUT2D eigenvalue weighted by Gasteiger charge is 2.50. The first kappa shape index (κ1) is 31.3. The molecule has 3 aliphatic rings. The average Bonchev–Trinajstić information content (AvgIpc) is 2.92. The highest BCUT2D eigenvalue weighted by atomic mass is 16.6. The van der Waals surface area contributed by atoms with Gasteiger partial charge >= 0.3 is 5.97 Å². The molecule has 3 atom stereocenters. The van der Waals surface area contributed by atoms with Crippen LogP contribution in [0, 0.1) is 23.2 Å². The zero-order valence-electron chi connectivity index (χ0n) is 25.2. The monoisotopic (exact) mass is 542 g/mol. The first-order chi connectivity index (χ1) is 18.5. The summed E-state index contributed by atoms with van der Waals surface area (Å²) >= 11 is 0. The van der Waals surface area contributed by atoms with Gasteiger partial charge in [0.05, 0.1) is 24.5 Å². The minimum absolute atomic E-state index is 0.0349. The van der Waals surface area contributed by atoms with Gasteiger partial charge < -0.3 is 24.0 Å². The van der Waals surface area contributed by atoms with E-state index in [0.717, 1.165) is 45.2 Å². The van der Waals surface area contributed by atoms with Gasteiger partial charge in [-0.25, -0.2) is 0 Å². The summed E-state index contributed by atoms with van der Waals surface area (Å²) in [6.45, 7) is 8.72. The lowest BCUT2D eigenvalue weighted by atomic mass is 9.60. The molecular formula is C32H50N2O5. The molecule has 1 aromatic rings. The van der Waals surface area contributed by atoms with E-state index in [9.17, 15) is 9.59 Å². The molecule has 4 rings (SSSR count). The Balaban J connectivity index is 1.61. The number of amides is 1. The summed E-state index contributed by atoms with van der Waals surface area (Å²) in [4.78, 5) is 30.0. The number of benzene rings is 1. The van der Waals surface area contributed by atoms with Crippen molar-refractivity contribution in [3.63, 3.8) is 0 Å². The molecule has 1 saturated carbocycles. The van der Waals surface area contributed by atoms with Gasteiger partial charge in [0.25, 0.3) is 0 Å². The summed E-state index contributed by atoms with van der Waals surface area (Å²) < 4.78 is 17.0. The van der Waals surface area contributed by atoms with E-state index in [1.807, 2.05) is 27.8 Å². The Morgan fingerprint density at radius 3 is 2.26 bits per heavy atom. The predicted octanol–water partition coefficient (Wildman–Crippen LogP) is 4.91. The van der Waals surface area contributed by atoms with Crippen LogP contribution >= 0.6 is 0 Å². The molecule has 1 fully saturated rings. The number of methoxy groups -OCH3 is 2. The van der Waals surface area contributed by atoms with Crippen LogP contribution in [0.3, 0.4) is 0 Å². The van der Waals surface area contributed by atoms with Gasteiger partial charge in [-0.05, 0) is 63.3 Å². The number of carbonyl (C=O) groups excluding carboxylic acids is 2. The molecule has 0 saturated heterocycles. The molecule has 39 heavy (non-hydrogen) atoms. The maximum absolute atomic E-state index is 13.1. The molecule has 0 radical (unpaired) electrons. The molecule has 7 nitrogen and oxygen atoms in total. The SMILES string of the molecule is COCC(C)(COC)C(=O)N(C)CCCN(C)CCC1(OC(=O)C(C)C)CC2CCC1C=C2c1ccccc1. The van der Waals surface area contributed by atoms with Crippen molar-refractivity contribution >= 4 is 17.4 Å². The standard InChI is InChI=1S/C32H50N2O5/c1-24(2)29(35)39-32(21-26-14-15-27(32)20-28(26)25-12-9-8-10-13-25)16-19-33(4)17-11-18-34(5)30(36)31(3,22-37-6)23-38-7/h8-10,12-13,20,24,26-27H,11,14-19,21-23H2,1-7H3. The number of hydrogen-bond donors (Lipinski definition) is 0. The summed E-state index contributed by atoms with van der Waals surface area (Å²) in [6.07, 6.45) is 7.17. The van der Waals surface area contributed by atoms with Crippen LogP contribution in [0.5, 0.6) is 0 Å². The lowest BCUT2D eigenvalue weighted by Crippen LogP contribution is -2.51. The third-order valence-electron chi connectivity index (χ3n) is 8.54. The van der Waals surface area contributed by atoms with Crippen molar-refractivity contribution in [2.24, 2.45) is 23.2 Å². The van der Waals surface area contributed by atoms with E-state index in [-0.39, 0.29) is 23.7 Å². The Hall–Kier alpha value is -2.22. The molecule has 3 aliphatic carbocycles. The summed E-state index contributed by atoms with van der Waals surface area (Å²) in [5, 5.41) is 0. The second-order valence-corrected chi connectivity index (χ2v) is 12.3. The average molecular weight is 543 g/mol. The van der Waals surface area contributed by atoms with E-state index >= 15 is 0 Å². The molecule has 3 unspecified atom stereocenters. The first-order valence-corrected chi connectivity index (χ1v) is 14.5. The predicted molar refractivity (Wildman–Crippen MR) is 155 cm³/mol. The van der Waals surface area contributed by atoms with Crippen LogP contribution in [0.2, 0.25) is 0 Å². The molecule has 218 valence electrons. The fourth-order valence-electron chi connectivity index (χ4n) is 6.34. The third kappa shape index (κ3) is 7.71. The summed E-state index contributed by atoms with van der Waals surface area (Å²) in [5.41, 5.74) is 1.56. The van der Waals surface area contributed by atoms with Crippen molar-refractivity contribution in [2.75, 3.05) is 61.2 Å². The van der Waals surface area contributed by atoms with Gasteiger partial charge in [-0.1, -0.05) is 50.3 Å². The Morgan fingerprint density at radius 1 is 1.03 bits per heavy atom. The molecule has 0 N–H and O–H groups in total. The van der Waals surface area contributed by atoms with E-state index in [1.54, 1.807) is 19.1 Å². The minimum atomic E-state index is -0.691. The third-order valence-corrected chi connectivity index (χ3v) is 8.54. The number of ether oxygens (including phenoxy) is 3. The number of rotatable bonds is 15. The molecule has 7 heteroatoms. The summed E-state index contributed by atoms with van der Waals surface area (Å²) in [7, 11) is 7.18. The molecule has 0 aromatic heterocycles. The molecule has 1 aromatic carbocycles. The lowest BCUT2D eigenvalue weighted by molar-refractivity contribution is -0.176.